The number of carbonyl (C=O) groups excluding carboxylic acids is 1. The van der Waals surface area contributed by atoms with Gasteiger partial charge >= 0.3 is 0 Å². The first kappa shape index (κ1) is 17.7. The van der Waals surface area contributed by atoms with Gasteiger partial charge in [0.25, 0.3) is 5.91 Å². The molecule has 142 valence electrons. The zero-order chi connectivity index (χ0) is 19.5. The largest absolute Gasteiger partial charge is 0.497 e. The normalized spacial score (nSPS) is 10.8. The number of benzene rings is 2. The predicted octanol–water partition coefficient (Wildman–Crippen LogP) is 4.04. The van der Waals surface area contributed by atoms with E-state index in [1.807, 2.05) is 30.3 Å². The number of furan rings is 1. The molecule has 7 heteroatoms. The summed E-state index contributed by atoms with van der Waals surface area (Å²) >= 11 is 0. The number of rotatable bonds is 6. The Balaban J connectivity index is 1.46. The van der Waals surface area contributed by atoms with Gasteiger partial charge in [-0.25, -0.2) is 0 Å². The third-order valence-corrected chi connectivity index (χ3v) is 4.27. The van der Waals surface area contributed by atoms with Crippen LogP contribution in [-0.2, 0) is 6.54 Å². The van der Waals surface area contributed by atoms with E-state index in [9.17, 15) is 4.79 Å². The fraction of sp³-hybridized carbons (Fsp3) is 0.143. The lowest BCUT2D eigenvalue weighted by atomic mass is 10.2. The number of aromatic nitrogens is 1. The molecule has 0 saturated heterocycles. The highest BCUT2D eigenvalue weighted by Gasteiger charge is 2.14. The molecule has 0 radical (unpaired) electrons. The fourth-order valence-corrected chi connectivity index (χ4v) is 2.83. The SMILES string of the molecule is COc1cc(OC)cc(C(=O)NCc2cc(-c3cc4ccccc4o3)on2)c1. The first-order chi connectivity index (χ1) is 13.7. The van der Waals surface area contributed by atoms with Crippen molar-refractivity contribution in [3.8, 4) is 23.0 Å². The lowest BCUT2D eigenvalue weighted by molar-refractivity contribution is 0.0949. The number of hydrogen-bond acceptors (Lipinski definition) is 6. The molecule has 0 aliphatic rings. The molecule has 1 amide bonds. The molecule has 0 bridgehead atoms. The van der Waals surface area contributed by atoms with Gasteiger partial charge < -0.3 is 23.7 Å². The molecule has 0 saturated carbocycles. The molecule has 7 nitrogen and oxygen atoms in total. The lowest BCUT2D eigenvalue weighted by Crippen LogP contribution is -2.23. The van der Waals surface area contributed by atoms with Gasteiger partial charge in [-0.15, -0.1) is 0 Å². The molecular formula is C21H18N2O5. The molecule has 0 unspecified atom stereocenters. The van der Waals surface area contributed by atoms with Crippen molar-refractivity contribution in [3.05, 3.63) is 65.9 Å². The van der Waals surface area contributed by atoms with Crippen molar-refractivity contribution in [2.24, 2.45) is 0 Å². The number of hydrogen-bond donors (Lipinski definition) is 1. The van der Waals surface area contributed by atoms with E-state index in [2.05, 4.69) is 10.5 Å². The van der Waals surface area contributed by atoms with Gasteiger partial charge in [-0.05, 0) is 24.3 Å². The summed E-state index contributed by atoms with van der Waals surface area (Å²) in [7, 11) is 3.07. The van der Waals surface area contributed by atoms with Crippen molar-refractivity contribution >= 4 is 16.9 Å². The minimum atomic E-state index is -0.273. The van der Waals surface area contributed by atoms with E-state index in [1.165, 1.54) is 14.2 Å². The first-order valence-corrected chi connectivity index (χ1v) is 8.62. The number of ether oxygens (including phenoxy) is 2. The van der Waals surface area contributed by atoms with Gasteiger partial charge in [0.15, 0.2) is 5.76 Å². The Labute approximate surface area is 160 Å². The Kier molecular flexibility index (Phi) is 4.72. The maximum Gasteiger partial charge on any atom is 0.251 e. The van der Waals surface area contributed by atoms with Gasteiger partial charge in [0.05, 0.1) is 20.8 Å². The molecule has 0 aliphatic heterocycles. The highest BCUT2D eigenvalue weighted by atomic mass is 16.5. The van der Waals surface area contributed by atoms with Crippen LogP contribution in [0.4, 0.5) is 0 Å². The smallest absolute Gasteiger partial charge is 0.251 e. The summed E-state index contributed by atoms with van der Waals surface area (Å²) in [6.45, 7) is 0.210. The highest BCUT2D eigenvalue weighted by molar-refractivity contribution is 5.95. The number of para-hydroxylation sites is 1. The molecule has 2 aromatic carbocycles. The number of nitrogens with one attached hydrogen (secondary N) is 1. The molecule has 2 aromatic heterocycles. The van der Waals surface area contributed by atoms with Crippen LogP contribution < -0.4 is 14.8 Å². The maximum atomic E-state index is 12.4. The van der Waals surface area contributed by atoms with Gasteiger partial charge in [-0.2, -0.15) is 0 Å². The van der Waals surface area contributed by atoms with Gasteiger partial charge in [0.1, 0.15) is 22.8 Å². The predicted molar refractivity (Wildman–Crippen MR) is 102 cm³/mol. The fourth-order valence-electron chi connectivity index (χ4n) is 2.83. The van der Waals surface area contributed by atoms with Crippen LogP contribution >= 0.6 is 0 Å². The summed E-state index contributed by atoms with van der Waals surface area (Å²) in [5.74, 6) is 1.90. The van der Waals surface area contributed by atoms with Gasteiger partial charge in [-0.1, -0.05) is 23.4 Å². The van der Waals surface area contributed by atoms with Crippen LogP contribution in [0, 0.1) is 0 Å². The van der Waals surface area contributed by atoms with Gasteiger partial charge in [-0.3, -0.25) is 4.79 Å². The van der Waals surface area contributed by atoms with Crippen LogP contribution in [0.2, 0.25) is 0 Å². The van der Waals surface area contributed by atoms with E-state index in [-0.39, 0.29) is 12.5 Å². The molecule has 1 N–H and O–H groups in total. The third kappa shape index (κ3) is 3.55. The summed E-state index contributed by atoms with van der Waals surface area (Å²) in [5.41, 5.74) is 1.78. The van der Waals surface area contributed by atoms with Crippen molar-refractivity contribution in [2.75, 3.05) is 14.2 Å². The zero-order valence-corrected chi connectivity index (χ0v) is 15.4. The molecular weight excluding hydrogens is 360 g/mol. The maximum absolute atomic E-state index is 12.4. The summed E-state index contributed by atoms with van der Waals surface area (Å²) in [6.07, 6.45) is 0. The molecule has 28 heavy (non-hydrogen) atoms. The van der Waals surface area contributed by atoms with E-state index < -0.39 is 0 Å². The van der Waals surface area contributed by atoms with E-state index in [4.69, 9.17) is 18.4 Å². The molecule has 0 atom stereocenters. The molecule has 0 aliphatic carbocycles. The van der Waals surface area contributed by atoms with Crippen molar-refractivity contribution in [3.63, 3.8) is 0 Å². The second-order valence-electron chi connectivity index (χ2n) is 6.11. The Morgan fingerprint density at radius 2 is 1.75 bits per heavy atom. The summed E-state index contributed by atoms with van der Waals surface area (Å²) in [4.78, 5) is 12.4. The van der Waals surface area contributed by atoms with Crippen LogP contribution in [0.5, 0.6) is 11.5 Å². The first-order valence-electron chi connectivity index (χ1n) is 8.62. The van der Waals surface area contributed by atoms with Crippen molar-refractivity contribution < 1.29 is 23.2 Å². The topological polar surface area (TPSA) is 86.7 Å². The second-order valence-corrected chi connectivity index (χ2v) is 6.11. The average molecular weight is 378 g/mol. The van der Waals surface area contributed by atoms with Crippen molar-refractivity contribution in [1.29, 1.82) is 0 Å². The molecule has 4 rings (SSSR count). The Bertz CT molecular complexity index is 1070. The van der Waals surface area contributed by atoms with Crippen LogP contribution in [0.1, 0.15) is 16.1 Å². The summed E-state index contributed by atoms with van der Waals surface area (Å²) in [5, 5.41) is 7.78. The van der Waals surface area contributed by atoms with Crippen molar-refractivity contribution in [1.82, 2.24) is 10.5 Å². The number of amides is 1. The monoisotopic (exact) mass is 378 g/mol. The third-order valence-electron chi connectivity index (χ3n) is 4.27. The second kappa shape index (κ2) is 7.48. The van der Waals surface area contributed by atoms with E-state index >= 15 is 0 Å². The molecule has 4 aromatic rings. The molecule has 2 heterocycles. The summed E-state index contributed by atoms with van der Waals surface area (Å²) in [6, 6.07) is 16.3. The standard InChI is InChI=1S/C21H18N2O5/c1-25-16-7-14(8-17(11-16)26-2)21(24)22-12-15-10-20(28-23-15)19-9-13-5-3-4-6-18(13)27-19/h3-11H,12H2,1-2H3,(H,22,24). The Morgan fingerprint density at radius 3 is 2.46 bits per heavy atom. The Hall–Kier alpha value is -3.74. The number of fused-ring (bicyclic) bond motifs is 1. The van der Waals surface area contributed by atoms with Crippen molar-refractivity contribution in [2.45, 2.75) is 6.54 Å². The zero-order valence-electron chi connectivity index (χ0n) is 15.4. The van der Waals surface area contributed by atoms with Gasteiger partial charge in [0.2, 0.25) is 5.76 Å². The quantitative estimate of drug-likeness (QED) is 0.545. The van der Waals surface area contributed by atoms with Gasteiger partial charge in [0, 0.05) is 23.1 Å². The van der Waals surface area contributed by atoms with Crippen LogP contribution in [0.15, 0.2) is 63.5 Å². The lowest BCUT2D eigenvalue weighted by Gasteiger charge is -2.08. The molecule has 0 fully saturated rings. The summed E-state index contributed by atoms with van der Waals surface area (Å²) < 4.78 is 21.5. The van der Waals surface area contributed by atoms with Crippen LogP contribution in [-0.4, -0.2) is 25.3 Å². The highest BCUT2D eigenvalue weighted by Crippen LogP contribution is 2.28. The number of methoxy groups -OCH3 is 2. The number of nitrogens with zero attached hydrogens (tertiary/aromatic N) is 1. The van der Waals surface area contributed by atoms with Crippen LogP contribution in [0.25, 0.3) is 22.5 Å². The van der Waals surface area contributed by atoms with E-state index in [1.54, 1.807) is 24.3 Å². The van der Waals surface area contributed by atoms with E-state index in [0.29, 0.717) is 34.3 Å². The molecule has 0 spiro atoms. The van der Waals surface area contributed by atoms with Crippen LogP contribution in [0.3, 0.4) is 0 Å². The number of carbonyl (C=O) groups is 1. The Morgan fingerprint density at radius 1 is 1.00 bits per heavy atom. The average Bonchev–Trinajstić information content (AvgIpc) is 3.38. The van der Waals surface area contributed by atoms with E-state index in [0.717, 1.165) is 11.0 Å². The minimum Gasteiger partial charge on any atom is -0.497 e. The minimum absolute atomic E-state index is 0.210.